The van der Waals surface area contributed by atoms with E-state index in [1.54, 1.807) is 32.2 Å². The van der Waals surface area contributed by atoms with E-state index in [1.165, 1.54) is 0 Å². The van der Waals surface area contributed by atoms with Gasteiger partial charge in [0.1, 0.15) is 5.76 Å². The van der Waals surface area contributed by atoms with Gasteiger partial charge in [-0.15, -0.1) is 0 Å². The molecule has 0 spiro atoms. The fourth-order valence-corrected chi connectivity index (χ4v) is 1.41. The van der Waals surface area contributed by atoms with Crippen LogP contribution in [0, 0.1) is 0 Å². The Kier molecular flexibility index (Phi) is 2.07. The summed E-state index contributed by atoms with van der Waals surface area (Å²) in [5.41, 5.74) is -0.853. The SMILES string of the molecule is CCOC(=O)C1(C)OC1c1ccco1. The van der Waals surface area contributed by atoms with E-state index in [2.05, 4.69) is 0 Å². The molecule has 2 atom stereocenters. The molecule has 4 heteroatoms. The van der Waals surface area contributed by atoms with Gasteiger partial charge in [-0.3, -0.25) is 0 Å². The molecule has 0 saturated carbocycles. The minimum absolute atomic E-state index is 0.295. The van der Waals surface area contributed by atoms with Crippen LogP contribution in [-0.2, 0) is 14.3 Å². The van der Waals surface area contributed by atoms with Crippen molar-refractivity contribution in [3.8, 4) is 0 Å². The zero-order chi connectivity index (χ0) is 10.2. The number of esters is 1. The second kappa shape index (κ2) is 3.13. The molecule has 14 heavy (non-hydrogen) atoms. The summed E-state index contributed by atoms with van der Waals surface area (Å²) < 4.78 is 15.3. The highest BCUT2D eigenvalue weighted by molar-refractivity contribution is 5.83. The average molecular weight is 196 g/mol. The van der Waals surface area contributed by atoms with Crippen molar-refractivity contribution in [2.75, 3.05) is 6.61 Å². The summed E-state index contributed by atoms with van der Waals surface area (Å²) >= 11 is 0. The number of hydrogen-bond donors (Lipinski definition) is 0. The smallest absolute Gasteiger partial charge is 0.341 e. The maximum absolute atomic E-state index is 11.4. The predicted octanol–water partition coefficient (Wildman–Crippen LogP) is 1.67. The van der Waals surface area contributed by atoms with Crippen molar-refractivity contribution < 1.29 is 18.7 Å². The Balaban J connectivity index is 2.06. The molecule has 2 heterocycles. The largest absolute Gasteiger partial charge is 0.466 e. The minimum Gasteiger partial charge on any atom is -0.466 e. The number of epoxide rings is 1. The summed E-state index contributed by atoms with van der Waals surface area (Å²) in [6, 6.07) is 3.55. The second-order valence-electron chi connectivity index (χ2n) is 3.34. The monoisotopic (exact) mass is 196 g/mol. The Hall–Kier alpha value is -1.29. The van der Waals surface area contributed by atoms with Gasteiger partial charge in [0.05, 0.1) is 12.9 Å². The van der Waals surface area contributed by atoms with Crippen LogP contribution in [0.5, 0.6) is 0 Å². The number of ether oxygens (including phenoxy) is 2. The number of hydrogen-bond acceptors (Lipinski definition) is 4. The maximum Gasteiger partial charge on any atom is 0.341 e. The van der Waals surface area contributed by atoms with Crippen molar-refractivity contribution in [3.05, 3.63) is 24.2 Å². The van der Waals surface area contributed by atoms with Gasteiger partial charge >= 0.3 is 5.97 Å². The molecular formula is C10H12O4. The normalized spacial score (nSPS) is 30.0. The average Bonchev–Trinajstić information content (AvgIpc) is 2.66. The molecule has 76 valence electrons. The molecule has 0 radical (unpaired) electrons. The van der Waals surface area contributed by atoms with Crippen molar-refractivity contribution in [2.45, 2.75) is 25.6 Å². The Morgan fingerprint density at radius 3 is 3.07 bits per heavy atom. The van der Waals surface area contributed by atoms with E-state index in [4.69, 9.17) is 13.9 Å². The zero-order valence-corrected chi connectivity index (χ0v) is 8.15. The Bertz CT molecular complexity index is 330. The highest BCUT2D eigenvalue weighted by Gasteiger charge is 2.62. The molecule has 0 N–H and O–H groups in total. The molecule has 1 aliphatic rings. The second-order valence-corrected chi connectivity index (χ2v) is 3.34. The molecule has 1 aliphatic heterocycles. The van der Waals surface area contributed by atoms with Crippen LogP contribution in [0.3, 0.4) is 0 Å². The topological polar surface area (TPSA) is 52.0 Å². The van der Waals surface area contributed by atoms with Gasteiger partial charge in [0.25, 0.3) is 0 Å². The van der Waals surface area contributed by atoms with Crippen LogP contribution in [0.15, 0.2) is 22.8 Å². The quantitative estimate of drug-likeness (QED) is 0.545. The first-order chi connectivity index (χ1) is 6.68. The van der Waals surface area contributed by atoms with Crippen molar-refractivity contribution in [1.29, 1.82) is 0 Å². The van der Waals surface area contributed by atoms with Crippen molar-refractivity contribution in [2.24, 2.45) is 0 Å². The molecule has 1 saturated heterocycles. The standard InChI is InChI=1S/C10H12O4/c1-3-12-9(11)10(2)8(14-10)7-5-4-6-13-7/h4-6,8H,3H2,1-2H3. The van der Waals surface area contributed by atoms with Gasteiger partial charge in [-0.1, -0.05) is 0 Å². The van der Waals surface area contributed by atoms with Gasteiger partial charge < -0.3 is 13.9 Å². The number of carbonyl (C=O) groups excluding carboxylic acids is 1. The zero-order valence-electron chi connectivity index (χ0n) is 8.15. The lowest BCUT2D eigenvalue weighted by Crippen LogP contribution is -2.24. The molecule has 2 unspecified atom stereocenters. The molecule has 4 nitrogen and oxygen atoms in total. The van der Waals surface area contributed by atoms with E-state index >= 15 is 0 Å². The summed E-state index contributed by atoms with van der Waals surface area (Å²) in [6.07, 6.45) is 1.26. The fraction of sp³-hybridized carbons (Fsp3) is 0.500. The molecular weight excluding hydrogens is 184 g/mol. The lowest BCUT2D eigenvalue weighted by molar-refractivity contribution is -0.148. The Labute approximate surface area is 81.8 Å². The van der Waals surface area contributed by atoms with Gasteiger partial charge in [0, 0.05) is 0 Å². The highest BCUT2D eigenvalue weighted by atomic mass is 16.7. The summed E-state index contributed by atoms with van der Waals surface area (Å²) in [5.74, 6) is 0.335. The number of furan rings is 1. The Morgan fingerprint density at radius 1 is 1.71 bits per heavy atom. The fourth-order valence-electron chi connectivity index (χ4n) is 1.41. The molecule has 0 bridgehead atoms. The van der Waals surface area contributed by atoms with Crippen molar-refractivity contribution >= 4 is 5.97 Å². The van der Waals surface area contributed by atoms with Gasteiger partial charge in [-0.05, 0) is 26.0 Å². The van der Waals surface area contributed by atoms with E-state index in [9.17, 15) is 4.79 Å². The first-order valence-corrected chi connectivity index (χ1v) is 4.57. The van der Waals surface area contributed by atoms with Crippen LogP contribution < -0.4 is 0 Å². The molecule has 0 aliphatic carbocycles. The van der Waals surface area contributed by atoms with E-state index in [-0.39, 0.29) is 12.1 Å². The molecule has 2 rings (SSSR count). The van der Waals surface area contributed by atoms with E-state index in [0.29, 0.717) is 12.4 Å². The summed E-state index contributed by atoms with van der Waals surface area (Å²) in [4.78, 5) is 11.4. The lowest BCUT2D eigenvalue weighted by atomic mass is 10.1. The van der Waals surface area contributed by atoms with Gasteiger partial charge in [-0.25, -0.2) is 4.79 Å². The van der Waals surface area contributed by atoms with Gasteiger partial charge in [-0.2, -0.15) is 0 Å². The Morgan fingerprint density at radius 2 is 2.50 bits per heavy atom. The number of rotatable bonds is 3. The number of carbonyl (C=O) groups is 1. The van der Waals surface area contributed by atoms with E-state index in [0.717, 1.165) is 0 Å². The molecule has 0 amide bonds. The first-order valence-electron chi connectivity index (χ1n) is 4.57. The van der Waals surface area contributed by atoms with Crippen LogP contribution in [0.4, 0.5) is 0 Å². The van der Waals surface area contributed by atoms with E-state index in [1.807, 2.05) is 0 Å². The highest BCUT2D eigenvalue weighted by Crippen LogP contribution is 2.50. The van der Waals surface area contributed by atoms with Crippen LogP contribution >= 0.6 is 0 Å². The summed E-state index contributed by atoms with van der Waals surface area (Å²) in [5, 5.41) is 0. The summed E-state index contributed by atoms with van der Waals surface area (Å²) in [6.45, 7) is 3.84. The van der Waals surface area contributed by atoms with Crippen LogP contribution in [0.2, 0.25) is 0 Å². The van der Waals surface area contributed by atoms with E-state index < -0.39 is 5.60 Å². The lowest BCUT2D eigenvalue weighted by Gasteiger charge is -2.04. The summed E-state index contributed by atoms with van der Waals surface area (Å²) in [7, 11) is 0. The van der Waals surface area contributed by atoms with Gasteiger partial charge in [0.15, 0.2) is 11.7 Å². The predicted molar refractivity (Wildman–Crippen MR) is 47.6 cm³/mol. The third-order valence-electron chi connectivity index (χ3n) is 2.29. The van der Waals surface area contributed by atoms with Crippen molar-refractivity contribution in [3.63, 3.8) is 0 Å². The first kappa shape index (κ1) is 9.27. The minimum atomic E-state index is -0.853. The van der Waals surface area contributed by atoms with Crippen LogP contribution in [-0.4, -0.2) is 18.2 Å². The molecule has 1 aromatic heterocycles. The molecule has 1 aromatic rings. The van der Waals surface area contributed by atoms with Crippen molar-refractivity contribution in [1.82, 2.24) is 0 Å². The van der Waals surface area contributed by atoms with Gasteiger partial charge in [0.2, 0.25) is 0 Å². The maximum atomic E-state index is 11.4. The van der Waals surface area contributed by atoms with Crippen LogP contribution in [0.1, 0.15) is 25.7 Å². The third-order valence-corrected chi connectivity index (χ3v) is 2.29. The third kappa shape index (κ3) is 1.32. The molecule has 0 aromatic carbocycles. The van der Waals surface area contributed by atoms with Crippen LogP contribution in [0.25, 0.3) is 0 Å². The molecule has 1 fully saturated rings.